The lowest BCUT2D eigenvalue weighted by molar-refractivity contribution is -0.109. The molecule has 0 amide bonds. The van der Waals surface area contributed by atoms with Gasteiger partial charge in [-0.05, 0) is 23.9 Å². The molecule has 0 saturated carbocycles. The van der Waals surface area contributed by atoms with Gasteiger partial charge in [0.1, 0.15) is 5.03 Å². The smallest absolute Gasteiger partial charge is 0.192 e. The van der Waals surface area contributed by atoms with Crippen LogP contribution in [-0.2, 0) is 4.79 Å². The van der Waals surface area contributed by atoms with E-state index in [0.29, 0.717) is 0 Å². The van der Waals surface area contributed by atoms with Gasteiger partial charge < -0.3 is 0 Å². The summed E-state index contributed by atoms with van der Waals surface area (Å²) in [6.45, 7) is 1.54. The van der Waals surface area contributed by atoms with E-state index in [1.54, 1.807) is 6.92 Å². The van der Waals surface area contributed by atoms with Crippen molar-refractivity contribution < 1.29 is 4.79 Å². The number of aromatic nitrogens is 1. The molecule has 0 N–H and O–H groups in total. The molecule has 0 radical (unpaired) electrons. The molecule has 0 aliphatic heterocycles. The molecule has 70 valence electrons. The van der Waals surface area contributed by atoms with E-state index in [1.807, 2.05) is 36.4 Å². The standard InChI is InChI=1S/C11H9NOS/c1-8(13)14-11-7-6-9-4-2-3-5-10(9)12-11/h2-7H,1H3. The molecule has 0 aliphatic rings. The second-order valence-electron chi connectivity index (χ2n) is 2.94. The third kappa shape index (κ3) is 1.93. The first-order valence-corrected chi connectivity index (χ1v) is 5.11. The molecule has 1 aromatic carbocycles. The highest BCUT2D eigenvalue weighted by atomic mass is 32.2. The number of rotatable bonds is 1. The van der Waals surface area contributed by atoms with Gasteiger partial charge in [-0.2, -0.15) is 0 Å². The van der Waals surface area contributed by atoms with Gasteiger partial charge in [0.15, 0.2) is 5.12 Å². The van der Waals surface area contributed by atoms with Gasteiger partial charge in [0.2, 0.25) is 0 Å². The SMILES string of the molecule is CC(=O)Sc1ccc2ccccc2n1. The molecule has 0 aliphatic carbocycles. The highest BCUT2D eigenvalue weighted by Gasteiger charge is 2.00. The number of hydrogen-bond acceptors (Lipinski definition) is 3. The van der Waals surface area contributed by atoms with Crippen LogP contribution in [0.2, 0.25) is 0 Å². The van der Waals surface area contributed by atoms with Crippen LogP contribution in [0.25, 0.3) is 10.9 Å². The molecule has 0 bridgehead atoms. The highest BCUT2D eigenvalue weighted by Crippen LogP contribution is 2.19. The minimum absolute atomic E-state index is 0.0628. The number of benzene rings is 1. The number of nitrogens with zero attached hydrogens (tertiary/aromatic N) is 1. The summed E-state index contributed by atoms with van der Waals surface area (Å²) in [6, 6.07) is 11.7. The van der Waals surface area contributed by atoms with Gasteiger partial charge in [-0.15, -0.1) is 0 Å². The molecule has 14 heavy (non-hydrogen) atoms. The summed E-state index contributed by atoms with van der Waals surface area (Å²) in [5, 5.41) is 1.92. The topological polar surface area (TPSA) is 30.0 Å². The van der Waals surface area contributed by atoms with Crippen LogP contribution in [0.15, 0.2) is 41.4 Å². The normalized spacial score (nSPS) is 10.4. The zero-order valence-corrected chi connectivity index (χ0v) is 8.54. The molecule has 0 unspecified atom stereocenters. The van der Waals surface area contributed by atoms with Crippen molar-refractivity contribution in [3.63, 3.8) is 0 Å². The average molecular weight is 203 g/mol. The van der Waals surface area contributed by atoms with Crippen molar-refractivity contribution in [2.45, 2.75) is 11.9 Å². The monoisotopic (exact) mass is 203 g/mol. The van der Waals surface area contributed by atoms with Gasteiger partial charge in [-0.1, -0.05) is 24.3 Å². The fraction of sp³-hybridized carbons (Fsp3) is 0.0909. The van der Waals surface area contributed by atoms with Crippen LogP contribution < -0.4 is 0 Å². The quantitative estimate of drug-likeness (QED) is 0.667. The van der Waals surface area contributed by atoms with Crippen molar-refractivity contribution in [1.82, 2.24) is 4.98 Å². The van der Waals surface area contributed by atoms with Gasteiger partial charge in [-0.25, -0.2) is 4.98 Å². The number of carbonyl (C=O) groups excluding carboxylic acids is 1. The molecule has 0 spiro atoms. The van der Waals surface area contributed by atoms with Crippen LogP contribution in [0.3, 0.4) is 0 Å². The zero-order valence-electron chi connectivity index (χ0n) is 7.73. The Hall–Kier alpha value is -1.35. The van der Waals surface area contributed by atoms with Crippen molar-refractivity contribution in [3.05, 3.63) is 36.4 Å². The van der Waals surface area contributed by atoms with Gasteiger partial charge in [0.25, 0.3) is 0 Å². The third-order valence-corrected chi connectivity index (χ3v) is 2.55. The Bertz CT molecular complexity index is 481. The maximum atomic E-state index is 10.9. The first-order chi connectivity index (χ1) is 6.75. The second-order valence-corrected chi connectivity index (χ2v) is 4.13. The van der Waals surface area contributed by atoms with E-state index in [1.165, 1.54) is 0 Å². The molecule has 0 fully saturated rings. The maximum Gasteiger partial charge on any atom is 0.192 e. The van der Waals surface area contributed by atoms with Gasteiger partial charge in [-0.3, -0.25) is 4.79 Å². The fourth-order valence-corrected chi connectivity index (χ4v) is 1.83. The predicted molar refractivity (Wildman–Crippen MR) is 58.3 cm³/mol. The number of pyridine rings is 1. The van der Waals surface area contributed by atoms with E-state index < -0.39 is 0 Å². The summed E-state index contributed by atoms with van der Waals surface area (Å²) in [6.07, 6.45) is 0. The van der Waals surface area contributed by atoms with Crippen LogP contribution >= 0.6 is 11.8 Å². The van der Waals surface area contributed by atoms with Crippen LogP contribution in [0.4, 0.5) is 0 Å². The Labute approximate surface area is 86.3 Å². The summed E-state index contributed by atoms with van der Waals surface area (Å²) >= 11 is 1.16. The Balaban J connectivity index is 2.46. The molecule has 1 heterocycles. The number of fused-ring (bicyclic) bond motifs is 1. The van der Waals surface area contributed by atoms with Crippen LogP contribution in [-0.4, -0.2) is 10.1 Å². The van der Waals surface area contributed by atoms with E-state index in [2.05, 4.69) is 4.98 Å². The molecule has 1 aromatic heterocycles. The molecule has 3 heteroatoms. The number of hydrogen-bond donors (Lipinski definition) is 0. The van der Waals surface area contributed by atoms with Gasteiger partial charge in [0, 0.05) is 12.3 Å². The molecule has 2 nitrogen and oxygen atoms in total. The Kier molecular flexibility index (Phi) is 2.50. The molecule has 2 rings (SSSR count). The van der Waals surface area contributed by atoms with Crippen molar-refractivity contribution in [1.29, 1.82) is 0 Å². The van der Waals surface area contributed by atoms with Crippen molar-refractivity contribution in [2.24, 2.45) is 0 Å². The summed E-state index contributed by atoms with van der Waals surface area (Å²) in [7, 11) is 0. The van der Waals surface area contributed by atoms with Crippen LogP contribution in [0.1, 0.15) is 6.92 Å². The second kappa shape index (κ2) is 3.80. The first kappa shape index (κ1) is 9.21. The van der Waals surface area contributed by atoms with E-state index in [4.69, 9.17) is 0 Å². The van der Waals surface area contributed by atoms with Gasteiger partial charge >= 0.3 is 0 Å². The fourth-order valence-electron chi connectivity index (χ4n) is 1.25. The van der Waals surface area contributed by atoms with E-state index in [9.17, 15) is 4.79 Å². The van der Waals surface area contributed by atoms with E-state index in [-0.39, 0.29) is 5.12 Å². The molecule has 0 saturated heterocycles. The summed E-state index contributed by atoms with van der Waals surface area (Å²) < 4.78 is 0. The summed E-state index contributed by atoms with van der Waals surface area (Å²) in [5.74, 6) is 0. The zero-order chi connectivity index (χ0) is 9.97. The lowest BCUT2D eigenvalue weighted by Gasteiger charge is -1.99. The summed E-state index contributed by atoms with van der Waals surface area (Å²) in [5.41, 5.74) is 0.929. The summed E-state index contributed by atoms with van der Waals surface area (Å²) in [4.78, 5) is 15.2. The van der Waals surface area contributed by atoms with E-state index in [0.717, 1.165) is 27.7 Å². The minimum atomic E-state index is 0.0628. The number of thioether (sulfide) groups is 1. The minimum Gasteiger partial charge on any atom is -0.287 e. The van der Waals surface area contributed by atoms with E-state index >= 15 is 0 Å². The third-order valence-electron chi connectivity index (χ3n) is 1.82. The number of para-hydroxylation sites is 1. The molecule has 2 aromatic rings. The van der Waals surface area contributed by atoms with Crippen molar-refractivity contribution in [3.8, 4) is 0 Å². The maximum absolute atomic E-state index is 10.9. The van der Waals surface area contributed by atoms with Crippen molar-refractivity contribution in [2.75, 3.05) is 0 Å². The molecular weight excluding hydrogens is 194 g/mol. The van der Waals surface area contributed by atoms with Crippen molar-refractivity contribution >= 4 is 27.8 Å². The average Bonchev–Trinajstić information content (AvgIpc) is 2.17. The molecular formula is C11H9NOS. The Morgan fingerprint density at radius 3 is 2.79 bits per heavy atom. The molecule has 0 atom stereocenters. The van der Waals surface area contributed by atoms with Crippen LogP contribution in [0, 0.1) is 0 Å². The van der Waals surface area contributed by atoms with Crippen LogP contribution in [0.5, 0.6) is 0 Å². The Morgan fingerprint density at radius 2 is 2.00 bits per heavy atom. The lowest BCUT2D eigenvalue weighted by Crippen LogP contribution is -1.86. The first-order valence-electron chi connectivity index (χ1n) is 4.30. The highest BCUT2D eigenvalue weighted by molar-refractivity contribution is 8.13. The lowest BCUT2D eigenvalue weighted by atomic mass is 10.2. The largest absolute Gasteiger partial charge is 0.287 e. The number of carbonyl (C=O) groups is 1. The predicted octanol–water partition coefficient (Wildman–Crippen LogP) is 2.87. The van der Waals surface area contributed by atoms with Gasteiger partial charge in [0.05, 0.1) is 5.52 Å². The Morgan fingerprint density at radius 1 is 1.21 bits per heavy atom.